The van der Waals surface area contributed by atoms with Crippen molar-refractivity contribution in [1.82, 2.24) is 5.32 Å². The summed E-state index contributed by atoms with van der Waals surface area (Å²) in [5.41, 5.74) is 2.14. The van der Waals surface area contributed by atoms with Gasteiger partial charge in [-0.1, -0.05) is 43.7 Å². The van der Waals surface area contributed by atoms with Crippen molar-refractivity contribution in [3.63, 3.8) is 0 Å². The van der Waals surface area contributed by atoms with Crippen LogP contribution in [-0.2, 0) is 6.42 Å². The van der Waals surface area contributed by atoms with Crippen LogP contribution in [0.25, 0.3) is 0 Å². The Morgan fingerprint density at radius 2 is 1.94 bits per heavy atom. The molecule has 1 aromatic rings. The summed E-state index contributed by atoms with van der Waals surface area (Å²) in [4.78, 5) is 0. The molecule has 1 unspecified atom stereocenters. The van der Waals surface area contributed by atoms with E-state index in [1.54, 1.807) is 0 Å². The lowest BCUT2D eigenvalue weighted by Gasteiger charge is -2.19. The van der Waals surface area contributed by atoms with Gasteiger partial charge in [0.05, 0.1) is 0 Å². The van der Waals surface area contributed by atoms with Crippen molar-refractivity contribution in [2.45, 2.75) is 58.4 Å². The lowest BCUT2D eigenvalue weighted by molar-refractivity contribution is 0.385. The Bertz CT molecular complexity index is 340. The minimum absolute atomic E-state index is 0.638. The summed E-state index contributed by atoms with van der Waals surface area (Å²) >= 11 is 0. The first-order chi connectivity index (χ1) is 8.74. The van der Waals surface area contributed by atoms with Crippen LogP contribution >= 0.6 is 0 Å². The molecule has 100 valence electrons. The zero-order chi connectivity index (χ0) is 12.8. The molecule has 1 heteroatoms. The largest absolute Gasteiger partial charge is 0.314 e. The van der Waals surface area contributed by atoms with Crippen LogP contribution in [0.3, 0.4) is 0 Å². The van der Waals surface area contributed by atoms with Crippen molar-refractivity contribution in [2.75, 3.05) is 6.54 Å². The molecular formula is C17H27N. The molecule has 1 aliphatic carbocycles. The number of hydrogen-bond acceptors (Lipinski definition) is 1. The smallest absolute Gasteiger partial charge is 0.00421 e. The summed E-state index contributed by atoms with van der Waals surface area (Å²) in [7, 11) is 0. The molecule has 0 aliphatic heterocycles. The molecule has 1 fully saturated rings. The zero-order valence-corrected chi connectivity index (χ0v) is 11.9. The Morgan fingerprint density at radius 3 is 2.56 bits per heavy atom. The average Bonchev–Trinajstić information content (AvgIpc) is 3.16. The third kappa shape index (κ3) is 4.13. The molecule has 1 nitrogen and oxygen atoms in total. The van der Waals surface area contributed by atoms with E-state index in [1.165, 1.54) is 50.6 Å². The van der Waals surface area contributed by atoms with Gasteiger partial charge in [-0.05, 0) is 50.0 Å². The lowest BCUT2D eigenvalue weighted by atomic mass is 9.99. The Hall–Kier alpha value is -0.820. The number of benzene rings is 1. The first-order valence-corrected chi connectivity index (χ1v) is 7.51. The van der Waals surface area contributed by atoms with Gasteiger partial charge >= 0.3 is 0 Å². The molecule has 1 N–H and O–H groups in total. The maximum atomic E-state index is 3.74. The van der Waals surface area contributed by atoms with Crippen LogP contribution < -0.4 is 5.32 Å². The summed E-state index contributed by atoms with van der Waals surface area (Å²) in [6, 6.07) is 11.5. The van der Waals surface area contributed by atoms with Gasteiger partial charge < -0.3 is 5.32 Å². The van der Waals surface area contributed by atoms with Crippen molar-refractivity contribution in [3.8, 4) is 0 Å². The minimum Gasteiger partial charge on any atom is -0.314 e. The average molecular weight is 245 g/mol. The van der Waals surface area contributed by atoms with Crippen LogP contribution in [0.4, 0.5) is 0 Å². The molecule has 0 spiro atoms. The van der Waals surface area contributed by atoms with Gasteiger partial charge in [-0.25, -0.2) is 0 Å². The summed E-state index contributed by atoms with van der Waals surface area (Å²) < 4.78 is 0. The highest BCUT2D eigenvalue weighted by Crippen LogP contribution is 2.48. The maximum absolute atomic E-state index is 3.74. The quantitative estimate of drug-likeness (QED) is 0.724. The van der Waals surface area contributed by atoms with E-state index in [9.17, 15) is 0 Å². The predicted octanol–water partition coefficient (Wildman–Crippen LogP) is 4.18. The van der Waals surface area contributed by atoms with Crippen LogP contribution in [0, 0.1) is 5.41 Å². The molecule has 18 heavy (non-hydrogen) atoms. The second kappa shape index (κ2) is 6.38. The van der Waals surface area contributed by atoms with Crippen molar-refractivity contribution in [3.05, 3.63) is 35.9 Å². The Labute approximate surface area is 112 Å². The second-order valence-electron chi connectivity index (χ2n) is 6.06. The molecular weight excluding hydrogens is 218 g/mol. The van der Waals surface area contributed by atoms with Crippen molar-refractivity contribution >= 4 is 0 Å². The standard InChI is InChI=1S/C17H27N/c1-3-11-17(12-13-17)14-18-15(2)9-10-16-7-5-4-6-8-16/h4-8,15,18H,3,9-14H2,1-2H3. The highest BCUT2D eigenvalue weighted by Gasteiger charge is 2.40. The Balaban J connectivity index is 1.65. The summed E-state index contributed by atoms with van der Waals surface area (Å²) in [5.74, 6) is 0. The summed E-state index contributed by atoms with van der Waals surface area (Å²) in [5, 5.41) is 3.74. The van der Waals surface area contributed by atoms with Crippen LogP contribution in [-0.4, -0.2) is 12.6 Å². The molecule has 1 aromatic carbocycles. The van der Waals surface area contributed by atoms with E-state index < -0.39 is 0 Å². The first kappa shape index (κ1) is 13.6. The van der Waals surface area contributed by atoms with Gasteiger partial charge in [0.15, 0.2) is 0 Å². The normalized spacial score (nSPS) is 18.6. The van der Waals surface area contributed by atoms with E-state index in [4.69, 9.17) is 0 Å². The highest BCUT2D eigenvalue weighted by molar-refractivity contribution is 5.14. The van der Waals surface area contributed by atoms with Crippen molar-refractivity contribution in [2.24, 2.45) is 5.41 Å². The maximum Gasteiger partial charge on any atom is 0.00421 e. The molecule has 2 rings (SSSR count). The van der Waals surface area contributed by atoms with Gasteiger partial charge in [0, 0.05) is 12.6 Å². The predicted molar refractivity (Wildman–Crippen MR) is 78.8 cm³/mol. The lowest BCUT2D eigenvalue weighted by Crippen LogP contribution is -2.32. The van der Waals surface area contributed by atoms with E-state index in [-0.39, 0.29) is 0 Å². The third-order valence-electron chi connectivity index (χ3n) is 4.27. The van der Waals surface area contributed by atoms with Crippen molar-refractivity contribution in [1.29, 1.82) is 0 Å². The topological polar surface area (TPSA) is 12.0 Å². The molecule has 0 radical (unpaired) electrons. The zero-order valence-electron chi connectivity index (χ0n) is 11.9. The molecule has 0 heterocycles. The van der Waals surface area contributed by atoms with Crippen LogP contribution in [0.5, 0.6) is 0 Å². The number of hydrogen-bond donors (Lipinski definition) is 1. The van der Waals surface area contributed by atoms with Gasteiger partial charge in [-0.2, -0.15) is 0 Å². The molecule has 0 bridgehead atoms. The van der Waals surface area contributed by atoms with E-state index in [0.29, 0.717) is 11.5 Å². The molecule has 1 atom stereocenters. The van der Waals surface area contributed by atoms with Gasteiger partial charge in [-0.3, -0.25) is 0 Å². The number of rotatable bonds is 8. The van der Waals surface area contributed by atoms with E-state index in [2.05, 4.69) is 49.5 Å². The fourth-order valence-corrected chi connectivity index (χ4v) is 2.74. The monoisotopic (exact) mass is 245 g/mol. The highest BCUT2D eigenvalue weighted by atomic mass is 14.9. The van der Waals surface area contributed by atoms with E-state index in [1.807, 2.05) is 0 Å². The van der Waals surface area contributed by atoms with E-state index >= 15 is 0 Å². The van der Waals surface area contributed by atoms with Gasteiger partial charge in [0.1, 0.15) is 0 Å². The minimum atomic E-state index is 0.638. The number of nitrogens with one attached hydrogen (secondary N) is 1. The summed E-state index contributed by atoms with van der Waals surface area (Å²) in [6.07, 6.45) is 8.06. The Morgan fingerprint density at radius 1 is 1.22 bits per heavy atom. The fourth-order valence-electron chi connectivity index (χ4n) is 2.74. The summed E-state index contributed by atoms with van der Waals surface area (Å²) in [6.45, 7) is 5.86. The van der Waals surface area contributed by atoms with E-state index in [0.717, 1.165) is 0 Å². The second-order valence-corrected chi connectivity index (χ2v) is 6.06. The third-order valence-corrected chi connectivity index (χ3v) is 4.27. The Kier molecular flexibility index (Phi) is 4.82. The van der Waals surface area contributed by atoms with Crippen molar-refractivity contribution < 1.29 is 0 Å². The van der Waals surface area contributed by atoms with Crippen LogP contribution in [0.2, 0.25) is 0 Å². The number of aryl methyl sites for hydroxylation is 1. The van der Waals surface area contributed by atoms with Gasteiger partial charge in [0.2, 0.25) is 0 Å². The molecule has 0 saturated heterocycles. The van der Waals surface area contributed by atoms with Crippen LogP contribution in [0.15, 0.2) is 30.3 Å². The molecule has 1 aliphatic rings. The van der Waals surface area contributed by atoms with Gasteiger partial charge in [-0.15, -0.1) is 0 Å². The van der Waals surface area contributed by atoms with Gasteiger partial charge in [0.25, 0.3) is 0 Å². The van der Waals surface area contributed by atoms with Crippen LogP contribution in [0.1, 0.15) is 51.5 Å². The molecule has 0 amide bonds. The fraction of sp³-hybridized carbons (Fsp3) is 0.647. The SMILES string of the molecule is CCCC1(CNC(C)CCc2ccccc2)CC1. The first-order valence-electron chi connectivity index (χ1n) is 7.51. The molecule has 1 saturated carbocycles. The molecule has 0 aromatic heterocycles.